The maximum absolute atomic E-state index is 13.0. The zero-order chi connectivity index (χ0) is 16.0. The molecule has 0 radical (unpaired) electrons. The van der Waals surface area contributed by atoms with E-state index in [1.165, 1.54) is 0 Å². The van der Waals surface area contributed by atoms with Crippen molar-refractivity contribution in [3.05, 3.63) is 70.8 Å². The smallest absolute Gasteiger partial charge is 0.254 e. The zero-order valence-electron chi connectivity index (χ0n) is 12.5. The molecule has 2 aromatic carbocycles. The molecule has 0 N–H and O–H groups in total. The molecule has 2 aromatic rings. The van der Waals surface area contributed by atoms with Gasteiger partial charge in [-0.2, -0.15) is 0 Å². The van der Waals surface area contributed by atoms with E-state index < -0.39 is 0 Å². The van der Waals surface area contributed by atoms with E-state index in [4.69, 9.17) is 0 Å². The second kappa shape index (κ2) is 5.60. The first-order chi connectivity index (χ1) is 11.2. The lowest BCUT2D eigenvalue weighted by atomic mass is 9.83. The number of Topliss-reactive ketones (excluding diaryl/α,β-unsaturated/α-hetero) is 1. The fraction of sp³-hybridized carbons (Fsp3) is 0.263. The summed E-state index contributed by atoms with van der Waals surface area (Å²) in [6, 6.07) is 15.1. The molecular formula is C19H16BrNO2. The largest absolute Gasteiger partial charge is 0.330 e. The van der Waals surface area contributed by atoms with Crippen molar-refractivity contribution in [3.63, 3.8) is 0 Å². The molecule has 0 unspecified atom stereocenters. The molecule has 2 aliphatic rings. The number of ketones is 1. The van der Waals surface area contributed by atoms with E-state index >= 15 is 0 Å². The molecule has 0 saturated heterocycles. The maximum atomic E-state index is 13.0. The van der Waals surface area contributed by atoms with Crippen LogP contribution in [-0.4, -0.2) is 28.5 Å². The van der Waals surface area contributed by atoms with Gasteiger partial charge in [-0.3, -0.25) is 9.59 Å². The van der Waals surface area contributed by atoms with Gasteiger partial charge in [0, 0.05) is 23.0 Å². The van der Waals surface area contributed by atoms with E-state index in [9.17, 15) is 9.59 Å². The summed E-state index contributed by atoms with van der Waals surface area (Å²) < 4.78 is 0. The molecule has 1 amide bonds. The molecule has 116 valence electrons. The van der Waals surface area contributed by atoms with Crippen molar-refractivity contribution in [2.24, 2.45) is 0 Å². The van der Waals surface area contributed by atoms with Crippen molar-refractivity contribution < 1.29 is 9.59 Å². The Balaban J connectivity index is 1.91. The number of rotatable bonds is 3. The van der Waals surface area contributed by atoms with Crippen LogP contribution in [0.3, 0.4) is 0 Å². The molecular weight excluding hydrogens is 354 g/mol. The summed E-state index contributed by atoms with van der Waals surface area (Å²) in [7, 11) is 0. The molecule has 1 heterocycles. The first kappa shape index (κ1) is 14.6. The van der Waals surface area contributed by atoms with E-state index in [1.807, 2.05) is 53.4 Å². The lowest BCUT2D eigenvalue weighted by Gasteiger charge is -2.38. The highest BCUT2D eigenvalue weighted by molar-refractivity contribution is 9.09. The Labute approximate surface area is 143 Å². The van der Waals surface area contributed by atoms with Crippen LogP contribution in [0.4, 0.5) is 0 Å². The normalized spacial score (nSPS) is 21.9. The van der Waals surface area contributed by atoms with Gasteiger partial charge in [0.25, 0.3) is 5.91 Å². The van der Waals surface area contributed by atoms with Crippen LogP contribution in [0.5, 0.6) is 0 Å². The number of carbonyl (C=O) groups excluding carboxylic acids is 2. The maximum Gasteiger partial charge on any atom is 0.254 e. The first-order valence-electron chi connectivity index (χ1n) is 7.83. The van der Waals surface area contributed by atoms with Crippen LogP contribution < -0.4 is 0 Å². The number of benzene rings is 2. The van der Waals surface area contributed by atoms with Gasteiger partial charge in [0.2, 0.25) is 0 Å². The van der Waals surface area contributed by atoms with E-state index in [2.05, 4.69) is 15.9 Å². The van der Waals surface area contributed by atoms with Gasteiger partial charge < -0.3 is 4.90 Å². The number of hydrogen-bond acceptors (Lipinski definition) is 2. The summed E-state index contributed by atoms with van der Waals surface area (Å²) in [6.45, 7) is 0.654. The Kier molecular flexibility index (Phi) is 3.57. The van der Waals surface area contributed by atoms with Crippen LogP contribution in [0.25, 0.3) is 0 Å². The molecule has 0 aromatic heterocycles. The third-order valence-corrected chi connectivity index (χ3v) is 5.36. The van der Waals surface area contributed by atoms with Gasteiger partial charge >= 0.3 is 0 Å². The monoisotopic (exact) mass is 369 g/mol. The highest BCUT2D eigenvalue weighted by Crippen LogP contribution is 2.50. The molecule has 2 atom stereocenters. The van der Waals surface area contributed by atoms with Gasteiger partial charge in [0.15, 0.2) is 5.78 Å². The van der Waals surface area contributed by atoms with Crippen LogP contribution in [0.15, 0.2) is 48.5 Å². The molecule has 3 nitrogen and oxygen atoms in total. The number of amides is 1. The Morgan fingerprint density at radius 3 is 2.30 bits per heavy atom. The number of halogens is 1. The quantitative estimate of drug-likeness (QED) is 0.768. The van der Waals surface area contributed by atoms with Crippen LogP contribution >= 0.6 is 15.9 Å². The van der Waals surface area contributed by atoms with E-state index in [-0.39, 0.29) is 23.7 Å². The van der Waals surface area contributed by atoms with Gasteiger partial charge in [0.1, 0.15) is 0 Å². The standard InChI is InChI=1S/C19H16BrNO2/c20-10-5-11-21-17-13-7-2-3-8-14(13)18(22)16(17)12-6-1-4-9-15(12)19(21)23/h1-4,6-9,16-17H,5,10-11H2/t16-,17-/m1/s1. The van der Waals surface area contributed by atoms with Crippen molar-refractivity contribution in [1.82, 2.24) is 4.90 Å². The topological polar surface area (TPSA) is 37.4 Å². The van der Waals surface area contributed by atoms with Crippen LogP contribution in [0, 0.1) is 0 Å². The summed E-state index contributed by atoms with van der Waals surface area (Å²) >= 11 is 3.44. The molecule has 0 fully saturated rings. The van der Waals surface area contributed by atoms with Crippen molar-refractivity contribution in [1.29, 1.82) is 0 Å². The molecule has 4 rings (SSSR count). The van der Waals surface area contributed by atoms with E-state index in [1.54, 1.807) is 0 Å². The molecule has 1 aliphatic carbocycles. The number of carbonyl (C=O) groups is 2. The van der Waals surface area contributed by atoms with Gasteiger partial charge in [-0.1, -0.05) is 58.4 Å². The predicted molar refractivity (Wildman–Crippen MR) is 92.1 cm³/mol. The minimum atomic E-state index is -0.267. The molecule has 0 bridgehead atoms. The molecule has 0 saturated carbocycles. The van der Waals surface area contributed by atoms with Crippen molar-refractivity contribution in [2.75, 3.05) is 11.9 Å². The third-order valence-electron chi connectivity index (χ3n) is 4.80. The van der Waals surface area contributed by atoms with Gasteiger partial charge in [-0.25, -0.2) is 0 Å². The lowest BCUT2D eigenvalue weighted by Crippen LogP contribution is -2.42. The average Bonchev–Trinajstić information content (AvgIpc) is 2.89. The number of hydrogen-bond donors (Lipinski definition) is 0. The van der Waals surface area contributed by atoms with Gasteiger partial charge in [-0.15, -0.1) is 0 Å². The molecule has 4 heteroatoms. The summed E-state index contributed by atoms with van der Waals surface area (Å²) in [5.74, 6) is -0.0988. The summed E-state index contributed by atoms with van der Waals surface area (Å²) in [6.07, 6.45) is 0.869. The second-order valence-corrected chi connectivity index (χ2v) is 6.80. The second-order valence-electron chi connectivity index (χ2n) is 6.00. The van der Waals surface area contributed by atoms with Gasteiger partial charge in [-0.05, 0) is 23.6 Å². The van der Waals surface area contributed by atoms with Crippen molar-refractivity contribution >= 4 is 27.6 Å². The van der Waals surface area contributed by atoms with Crippen molar-refractivity contribution in [2.45, 2.75) is 18.4 Å². The average molecular weight is 370 g/mol. The minimum absolute atomic E-state index is 0.0345. The SMILES string of the molecule is O=C1c2ccccc2[C@@H]2[C@H]1c1ccccc1C(=O)N2CCCBr. The zero-order valence-corrected chi connectivity index (χ0v) is 14.1. The number of fused-ring (bicyclic) bond motifs is 5. The van der Waals surface area contributed by atoms with Crippen LogP contribution in [0.2, 0.25) is 0 Å². The fourth-order valence-electron chi connectivity index (χ4n) is 3.84. The van der Waals surface area contributed by atoms with Crippen LogP contribution in [-0.2, 0) is 0 Å². The van der Waals surface area contributed by atoms with E-state index in [0.717, 1.165) is 28.4 Å². The first-order valence-corrected chi connectivity index (χ1v) is 8.95. The Morgan fingerprint density at radius 2 is 1.57 bits per heavy atom. The summed E-state index contributed by atoms with van der Waals surface area (Å²) in [4.78, 5) is 27.8. The summed E-state index contributed by atoms with van der Waals surface area (Å²) in [5.41, 5.74) is 3.29. The Bertz CT molecular complexity index is 801. The molecule has 1 aliphatic heterocycles. The van der Waals surface area contributed by atoms with E-state index in [0.29, 0.717) is 12.1 Å². The lowest BCUT2D eigenvalue weighted by molar-refractivity contribution is 0.0609. The van der Waals surface area contributed by atoms with Crippen LogP contribution in [0.1, 0.15) is 50.2 Å². The number of alkyl halides is 1. The molecule has 23 heavy (non-hydrogen) atoms. The molecule has 0 spiro atoms. The fourth-order valence-corrected chi connectivity index (χ4v) is 4.09. The summed E-state index contributed by atoms with van der Waals surface area (Å²) in [5, 5.41) is 0.839. The van der Waals surface area contributed by atoms with Gasteiger partial charge in [0.05, 0.1) is 12.0 Å². The Hall–Kier alpha value is -1.94. The van der Waals surface area contributed by atoms with Crippen molar-refractivity contribution in [3.8, 4) is 0 Å². The minimum Gasteiger partial charge on any atom is -0.330 e. The highest BCUT2D eigenvalue weighted by atomic mass is 79.9. The third kappa shape index (κ3) is 2.08. The Morgan fingerprint density at radius 1 is 0.913 bits per heavy atom. The number of nitrogens with zero attached hydrogens (tertiary/aromatic N) is 1. The highest BCUT2D eigenvalue weighted by Gasteiger charge is 2.49. The predicted octanol–water partition coefficient (Wildman–Crippen LogP) is 3.95.